The minimum Gasteiger partial charge on any atom is -0.455 e. The summed E-state index contributed by atoms with van der Waals surface area (Å²) in [4.78, 5) is 23.2. The van der Waals surface area contributed by atoms with E-state index in [0.29, 0.717) is 13.2 Å². The number of benzene rings is 1. The Labute approximate surface area is 132 Å². The van der Waals surface area contributed by atoms with Crippen LogP contribution in [0.2, 0.25) is 5.02 Å². The summed E-state index contributed by atoms with van der Waals surface area (Å²) >= 11 is 5.82. The van der Waals surface area contributed by atoms with E-state index in [4.69, 9.17) is 21.1 Å². The monoisotopic (exact) mass is 329 g/mol. The molecule has 1 saturated heterocycles. The SMILES string of the molecule is O=C(COC(=O)Cc1c(F)cccc1Cl)NC[C@@H]1CCCO1. The first-order chi connectivity index (χ1) is 10.6. The van der Waals surface area contributed by atoms with Crippen molar-refractivity contribution in [1.82, 2.24) is 5.32 Å². The van der Waals surface area contributed by atoms with Gasteiger partial charge in [0, 0.05) is 23.7 Å². The Morgan fingerprint density at radius 3 is 2.95 bits per heavy atom. The molecule has 1 aliphatic heterocycles. The molecule has 2 rings (SSSR count). The summed E-state index contributed by atoms with van der Waals surface area (Å²) in [6.45, 7) is 0.700. The lowest BCUT2D eigenvalue weighted by Crippen LogP contribution is -2.35. The fourth-order valence-electron chi connectivity index (χ4n) is 2.13. The Hall–Kier alpha value is -1.66. The smallest absolute Gasteiger partial charge is 0.310 e. The Morgan fingerprint density at radius 2 is 2.27 bits per heavy atom. The van der Waals surface area contributed by atoms with Gasteiger partial charge in [-0.1, -0.05) is 17.7 Å². The molecule has 0 saturated carbocycles. The second kappa shape index (κ2) is 8.10. The predicted octanol–water partition coefficient (Wildman–Crippen LogP) is 1.86. The van der Waals surface area contributed by atoms with Crippen LogP contribution in [0.15, 0.2) is 18.2 Å². The zero-order valence-electron chi connectivity index (χ0n) is 11.9. The lowest BCUT2D eigenvalue weighted by molar-refractivity contribution is -0.148. The van der Waals surface area contributed by atoms with Gasteiger partial charge in [-0.3, -0.25) is 9.59 Å². The van der Waals surface area contributed by atoms with Crippen molar-refractivity contribution in [2.75, 3.05) is 19.8 Å². The van der Waals surface area contributed by atoms with Crippen molar-refractivity contribution < 1.29 is 23.5 Å². The van der Waals surface area contributed by atoms with Crippen molar-refractivity contribution in [3.63, 3.8) is 0 Å². The molecule has 7 heteroatoms. The fourth-order valence-corrected chi connectivity index (χ4v) is 2.36. The molecule has 1 aromatic rings. The van der Waals surface area contributed by atoms with Crippen LogP contribution in [0, 0.1) is 5.82 Å². The van der Waals surface area contributed by atoms with E-state index in [1.54, 1.807) is 0 Å². The van der Waals surface area contributed by atoms with E-state index in [9.17, 15) is 14.0 Å². The van der Waals surface area contributed by atoms with Crippen LogP contribution in [-0.2, 0) is 25.5 Å². The number of amides is 1. The second-order valence-electron chi connectivity index (χ2n) is 4.98. The highest BCUT2D eigenvalue weighted by molar-refractivity contribution is 6.31. The molecule has 1 amide bonds. The van der Waals surface area contributed by atoms with Gasteiger partial charge in [0.2, 0.25) is 0 Å². The third kappa shape index (κ3) is 4.96. The van der Waals surface area contributed by atoms with Gasteiger partial charge in [0.15, 0.2) is 6.61 Å². The van der Waals surface area contributed by atoms with Gasteiger partial charge in [-0.05, 0) is 25.0 Å². The number of ether oxygens (including phenoxy) is 2. The first kappa shape index (κ1) is 16.7. The fraction of sp³-hybridized carbons (Fsp3) is 0.467. The number of rotatable bonds is 6. The molecule has 0 spiro atoms. The number of halogens is 2. The Bertz CT molecular complexity index is 526. The standard InChI is InChI=1S/C15H17ClFNO4/c16-12-4-1-5-13(17)11(12)7-15(20)22-9-14(19)18-8-10-3-2-6-21-10/h1,4-5,10H,2-3,6-9H2,(H,18,19)/t10-/m0/s1. The van der Waals surface area contributed by atoms with Crippen molar-refractivity contribution in [3.8, 4) is 0 Å². The zero-order chi connectivity index (χ0) is 15.9. The average Bonchev–Trinajstić information content (AvgIpc) is 3.00. The van der Waals surface area contributed by atoms with E-state index in [1.807, 2.05) is 0 Å². The molecule has 1 atom stereocenters. The van der Waals surface area contributed by atoms with Gasteiger partial charge in [-0.2, -0.15) is 0 Å². The highest BCUT2D eigenvalue weighted by Crippen LogP contribution is 2.19. The minimum absolute atomic E-state index is 0.0249. The molecule has 1 fully saturated rings. The lowest BCUT2D eigenvalue weighted by Gasteiger charge is -2.11. The summed E-state index contributed by atoms with van der Waals surface area (Å²) in [6.07, 6.45) is 1.60. The number of hydrogen-bond acceptors (Lipinski definition) is 4. The topological polar surface area (TPSA) is 64.6 Å². The molecule has 0 unspecified atom stereocenters. The quantitative estimate of drug-likeness (QED) is 0.809. The molecular weight excluding hydrogens is 313 g/mol. The maximum Gasteiger partial charge on any atom is 0.310 e. The van der Waals surface area contributed by atoms with Crippen LogP contribution in [-0.4, -0.2) is 37.7 Å². The van der Waals surface area contributed by atoms with Crippen LogP contribution in [0.5, 0.6) is 0 Å². The Balaban J connectivity index is 1.71. The van der Waals surface area contributed by atoms with E-state index in [2.05, 4.69) is 5.32 Å². The highest BCUT2D eigenvalue weighted by atomic mass is 35.5. The van der Waals surface area contributed by atoms with E-state index in [1.165, 1.54) is 18.2 Å². The van der Waals surface area contributed by atoms with E-state index >= 15 is 0 Å². The summed E-state index contributed by atoms with van der Waals surface area (Å²) in [7, 11) is 0. The highest BCUT2D eigenvalue weighted by Gasteiger charge is 2.17. The van der Waals surface area contributed by atoms with Crippen molar-refractivity contribution in [1.29, 1.82) is 0 Å². The molecular formula is C15H17ClFNO4. The van der Waals surface area contributed by atoms with Crippen LogP contribution < -0.4 is 5.32 Å². The van der Waals surface area contributed by atoms with E-state index in [-0.39, 0.29) is 23.1 Å². The van der Waals surface area contributed by atoms with Crippen LogP contribution in [0.1, 0.15) is 18.4 Å². The van der Waals surface area contributed by atoms with Gasteiger partial charge in [-0.25, -0.2) is 4.39 Å². The largest absolute Gasteiger partial charge is 0.455 e. The van der Waals surface area contributed by atoms with E-state index < -0.39 is 24.3 Å². The Morgan fingerprint density at radius 1 is 1.45 bits per heavy atom. The number of nitrogens with one attached hydrogen (secondary N) is 1. The van der Waals surface area contributed by atoms with Gasteiger partial charge in [-0.15, -0.1) is 0 Å². The van der Waals surface area contributed by atoms with Gasteiger partial charge in [0.05, 0.1) is 12.5 Å². The maximum absolute atomic E-state index is 13.5. The van der Waals surface area contributed by atoms with Crippen molar-refractivity contribution in [2.45, 2.75) is 25.4 Å². The lowest BCUT2D eigenvalue weighted by atomic mass is 10.1. The summed E-state index contributed by atoms with van der Waals surface area (Å²) in [5.41, 5.74) is 0.0638. The van der Waals surface area contributed by atoms with Crippen molar-refractivity contribution in [3.05, 3.63) is 34.6 Å². The molecule has 1 aliphatic rings. The molecule has 120 valence electrons. The third-order valence-electron chi connectivity index (χ3n) is 3.30. The third-order valence-corrected chi connectivity index (χ3v) is 3.65. The Kier molecular flexibility index (Phi) is 6.15. The first-order valence-corrected chi connectivity index (χ1v) is 7.41. The summed E-state index contributed by atoms with van der Waals surface area (Å²) in [5.74, 6) is -1.70. The van der Waals surface area contributed by atoms with Gasteiger partial charge in [0.25, 0.3) is 5.91 Å². The molecule has 1 N–H and O–H groups in total. The molecule has 0 radical (unpaired) electrons. The van der Waals surface area contributed by atoms with Crippen LogP contribution in [0.25, 0.3) is 0 Å². The van der Waals surface area contributed by atoms with Gasteiger partial charge >= 0.3 is 5.97 Å². The summed E-state index contributed by atoms with van der Waals surface area (Å²) in [6, 6.07) is 4.15. The van der Waals surface area contributed by atoms with Crippen LogP contribution >= 0.6 is 11.6 Å². The molecule has 0 bridgehead atoms. The van der Waals surface area contributed by atoms with Gasteiger partial charge < -0.3 is 14.8 Å². The maximum atomic E-state index is 13.5. The average molecular weight is 330 g/mol. The predicted molar refractivity (Wildman–Crippen MR) is 78.1 cm³/mol. The molecule has 0 aromatic heterocycles. The zero-order valence-corrected chi connectivity index (χ0v) is 12.7. The molecule has 0 aliphatic carbocycles. The number of esters is 1. The number of carbonyl (C=O) groups excluding carboxylic acids is 2. The van der Waals surface area contributed by atoms with Crippen LogP contribution in [0.3, 0.4) is 0 Å². The number of hydrogen-bond donors (Lipinski definition) is 1. The molecule has 1 heterocycles. The molecule has 5 nitrogen and oxygen atoms in total. The summed E-state index contributed by atoms with van der Waals surface area (Å²) in [5, 5.41) is 2.78. The van der Waals surface area contributed by atoms with Crippen molar-refractivity contribution >= 4 is 23.5 Å². The molecule has 1 aromatic carbocycles. The van der Waals surface area contributed by atoms with Crippen molar-refractivity contribution in [2.24, 2.45) is 0 Å². The minimum atomic E-state index is -0.709. The molecule has 22 heavy (non-hydrogen) atoms. The number of carbonyl (C=O) groups is 2. The van der Waals surface area contributed by atoms with Gasteiger partial charge in [0.1, 0.15) is 5.82 Å². The normalized spacial score (nSPS) is 17.3. The first-order valence-electron chi connectivity index (χ1n) is 7.03. The second-order valence-corrected chi connectivity index (χ2v) is 5.38. The van der Waals surface area contributed by atoms with E-state index in [0.717, 1.165) is 12.8 Å². The summed E-state index contributed by atoms with van der Waals surface area (Å²) < 4.78 is 23.7. The van der Waals surface area contributed by atoms with Crippen LogP contribution in [0.4, 0.5) is 4.39 Å².